The Morgan fingerprint density at radius 2 is 2.05 bits per heavy atom. The number of ether oxygens (including phenoxy) is 1. The number of nitrogens with zero attached hydrogens (tertiary/aromatic N) is 2. The van der Waals surface area contributed by atoms with Gasteiger partial charge in [0, 0.05) is 28.5 Å². The highest BCUT2D eigenvalue weighted by Crippen LogP contribution is 2.29. The zero-order valence-electron chi connectivity index (χ0n) is 11.1. The van der Waals surface area contributed by atoms with Crippen LogP contribution in [0.5, 0.6) is 11.6 Å². The van der Waals surface area contributed by atoms with Crippen LogP contribution < -0.4 is 10.5 Å². The van der Waals surface area contributed by atoms with Gasteiger partial charge in [-0.3, -0.25) is 4.98 Å². The van der Waals surface area contributed by atoms with E-state index in [9.17, 15) is 0 Å². The smallest absolute Gasteiger partial charge is 0.224 e. The van der Waals surface area contributed by atoms with E-state index in [2.05, 4.69) is 32.0 Å². The molecule has 0 saturated carbocycles. The summed E-state index contributed by atoms with van der Waals surface area (Å²) >= 11 is 3.38. The number of nitrogens with two attached hydrogens (primary N) is 1. The maximum Gasteiger partial charge on any atom is 0.224 e. The summed E-state index contributed by atoms with van der Waals surface area (Å²) < 4.78 is 6.74. The average Bonchev–Trinajstić information content (AvgIpc) is 2.46. The number of fused-ring (bicyclic) bond motifs is 1. The van der Waals surface area contributed by atoms with Crippen LogP contribution in [0.15, 0.2) is 29.0 Å². The van der Waals surface area contributed by atoms with Crippen LogP contribution in [-0.4, -0.2) is 9.97 Å². The first kappa shape index (κ1) is 13.5. The van der Waals surface area contributed by atoms with Gasteiger partial charge in [0.1, 0.15) is 5.75 Å². The van der Waals surface area contributed by atoms with E-state index in [0.717, 1.165) is 28.6 Å². The summed E-state index contributed by atoms with van der Waals surface area (Å²) in [5.41, 5.74) is 9.23. The normalized spacial score (nSPS) is 13.9. The molecule has 2 N–H and O–H groups in total. The molecule has 1 aliphatic carbocycles. The van der Waals surface area contributed by atoms with E-state index < -0.39 is 0 Å². The summed E-state index contributed by atoms with van der Waals surface area (Å²) in [6, 6.07) is 4.01. The minimum atomic E-state index is 0.428. The molecule has 0 radical (unpaired) electrons. The molecule has 0 amide bonds. The van der Waals surface area contributed by atoms with Crippen molar-refractivity contribution in [1.29, 1.82) is 0 Å². The van der Waals surface area contributed by atoms with Crippen molar-refractivity contribution in [2.75, 3.05) is 0 Å². The van der Waals surface area contributed by atoms with Crippen molar-refractivity contribution in [3.8, 4) is 11.6 Å². The zero-order chi connectivity index (χ0) is 13.9. The number of hydrogen-bond donors (Lipinski definition) is 1. The second-order valence-electron chi connectivity index (χ2n) is 4.91. The van der Waals surface area contributed by atoms with E-state index in [0.29, 0.717) is 18.2 Å². The third-order valence-electron chi connectivity index (χ3n) is 3.45. The molecule has 5 heteroatoms. The Morgan fingerprint density at radius 3 is 2.85 bits per heavy atom. The van der Waals surface area contributed by atoms with Gasteiger partial charge in [0.25, 0.3) is 0 Å². The van der Waals surface area contributed by atoms with E-state index in [4.69, 9.17) is 10.5 Å². The van der Waals surface area contributed by atoms with Crippen molar-refractivity contribution < 1.29 is 4.74 Å². The molecule has 104 valence electrons. The number of pyridine rings is 2. The van der Waals surface area contributed by atoms with E-state index >= 15 is 0 Å². The first-order valence-electron chi connectivity index (χ1n) is 6.76. The predicted molar refractivity (Wildman–Crippen MR) is 80.8 cm³/mol. The minimum absolute atomic E-state index is 0.428. The van der Waals surface area contributed by atoms with Gasteiger partial charge in [0.15, 0.2) is 0 Å². The van der Waals surface area contributed by atoms with E-state index in [1.54, 1.807) is 12.4 Å². The molecule has 0 fully saturated rings. The number of rotatable bonds is 3. The van der Waals surface area contributed by atoms with Crippen LogP contribution in [0, 0.1) is 0 Å². The lowest BCUT2D eigenvalue weighted by molar-refractivity contribution is 0.449. The largest absolute Gasteiger partial charge is 0.437 e. The lowest BCUT2D eigenvalue weighted by Gasteiger charge is -2.18. The Bertz CT molecular complexity index is 631. The molecule has 0 aromatic carbocycles. The fourth-order valence-electron chi connectivity index (χ4n) is 2.46. The molecule has 0 atom stereocenters. The molecular weight excluding hydrogens is 318 g/mol. The van der Waals surface area contributed by atoms with Crippen LogP contribution in [0.2, 0.25) is 0 Å². The summed E-state index contributed by atoms with van der Waals surface area (Å²) in [6.45, 7) is 0.428. The van der Waals surface area contributed by atoms with Gasteiger partial charge >= 0.3 is 0 Å². The molecule has 0 aliphatic heterocycles. The summed E-state index contributed by atoms with van der Waals surface area (Å²) in [5.74, 6) is 1.27. The Labute approximate surface area is 126 Å². The molecule has 4 nitrogen and oxygen atoms in total. The van der Waals surface area contributed by atoms with Gasteiger partial charge in [-0.1, -0.05) is 0 Å². The number of aromatic nitrogens is 2. The van der Waals surface area contributed by atoms with Gasteiger partial charge in [0.05, 0.1) is 6.20 Å². The van der Waals surface area contributed by atoms with Crippen LogP contribution in [0.1, 0.15) is 29.7 Å². The van der Waals surface area contributed by atoms with Crippen LogP contribution in [0.3, 0.4) is 0 Å². The van der Waals surface area contributed by atoms with E-state index in [1.807, 2.05) is 6.07 Å². The van der Waals surface area contributed by atoms with Gasteiger partial charge in [-0.25, -0.2) is 4.98 Å². The van der Waals surface area contributed by atoms with Crippen LogP contribution in [-0.2, 0) is 19.4 Å². The van der Waals surface area contributed by atoms with Gasteiger partial charge in [0.2, 0.25) is 5.88 Å². The topological polar surface area (TPSA) is 61.0 Å². The standard InChI is InChI=1S/C15H16BrN3O/c16-12-6-13(9-18-8-12)20-15-11(7-17)5-10-3-1-2-4-14(10)19-15/h5-6,8-9H,1-4,7,17H2. The Hall–Kier alpha value is -1.46. The van der Waals surface area contributed by atoms with Crippen molar-refractivity contribution in [3.05, 3.63) is 45.8 Å². The molecule has 0 spiro atoms. The molecule has 0 bridgehead atoms. The summed E-state index contributed by atoms with van der Waals surface area (Å²) in [5, 5.41) is 0. The van der Waals surface area contributed by atoms with Crippen molar-refractivity contribution in [1.82, 2.24) is 9.97 Å². The van der Waals surface area contributed by atoms with Crippen molar-refractivity contribution in [2.45, 2.75) is 32.2 Å². The molecular formula is C15H16BrN3O. The average molecular weight is 334 g/mol. The van der Waals surface area contributed by atoms with E-state index in [-0.39, 0.29) is 0 Å². The molecule has 0 saturated heterocycles. The Balaban J connectivity index is 1.95. The highest BCUT2D eigenvalue weighted by Gasteiger charge is 2.16. The van der Waals surface area contributed by atoms with Crippen LogP contribution in [0.4, 0.5) is 0 Å². The lowest BCUT2D eigenvalue weighted by atomic mass is 9.95. The monoisotopic (exact) mass is 333 g/mol. The Morgan fingerprint density at radius 1 is 1.20 bits per heavy atom. The fourth-order valence-corrected chi connectivity index (χ4v) is 2.80. The minimum Gasteiger partial charge on any atom is -0.437 e. The maximum absolute atomic E-state index is 5.86. The molecule has 3 rings (SSSR count). The van der Waals surface area contributed by atoms with Gasteiger partial charge in [-0.05, 0) is 59.3 Å². The molecule has 2 aromatic rings. The highest BCUT2D eigenvalue weighted by atomic mass is 79.9. The second kappa shape index (κ2) is 5.89. The van der Waals surface area contributed by atoms with Crippen LogP contribution in [0.25, 0.3) is 0 Å². The third-order valence-corrected chi connectivity index (χ3v) is 3.89. The molecule has 1 aliphatic rings. The Kier molecular flexibility index (Phi) is 3.98. The first-order valence-corrected chi connectivity index (χ1v) is 7.55. The lowest BCUT2D eigenvalue weighted by Crippen LogP contribution is -2.10. The number of hydrogen-bond acceptors (Lipinski definition) is 4. The summed E-state index contributed by atoms with van der Waals surface area (Å²) in [7, 11) is 0. The SMILES string of the molecule is NCc1cc2c(nc1Oc1cncc(Br)c1)CCCC2. The van der Waals surface area contributed by atoms with Gasteiger partial charge < -0.3 is 10.5 Å². The molecule has 2 aromatic heterocycles. The van der Waals surface area contributed by atoms with Gasteiger partial charge in [-0.15, -0.1) is 0 Å². The highest BCUT2D eigenvalue weighted by molar-refractivity contribution is 9.10. The number of halogens is 1. The molecule has 2 heterocycles. The maximum atomic E-state index is 5.86. The summed E-state index contributed by atoms with van der Waals surface area (Å²) in [4.78, 5) is 8.76. The zero-order valence-corrected chi connectivity index (χ0v) is 12.7. The van der Waals surface area contributed by atoms with E-state index in [1.165, 1.54) is 18.4 Å². The number of aryl methyl sites for hydroxylation is 2. The summed E-state index contributed by atoms with van der Waals surface area (Å²) in [6.07, 6.45) is 7.93. The van der Waals surface area contributed by atoms with Crippen molar-refractivity contribution in [3.63, 3.8) is 0 Å². The van der Waals surface area contributed by atoms with Crippen LogP contribution >= 0.6 is 15.9 Å². The third kappa shape index (κ3) is 2.83. The first-order chi connectivity index (χ1) is 9.76. The quantitative estimate of drug-likeness (QED) is 0.935. The van der Waals surface area contributed by atoms with Gasteiger partial charge in [-0.2, -0.15) is 0 Å². The van der Waals surface area contributed by atoms with Crippen molar-refractivity contribution in [2.24, 2.45) is 5.73 Å². The fraction of sp³-hybridized carbons (Fsp3) is 0.333. The molecule has 20 heavy (non-hydrogen) atoms. The van der Waals surface area contributed by atoms with Crippen molar-refractivity contribution >= 4 is 15.9 Å². The predicted octanol–water partition coefficient (Wildman–Crippen LogP) is 3.37. The second-order valence-corrected chi connectivity index (χ2v) is 5.83. The molecule has 0 unspecified atom stereocenters.